The second-order valence-electron chi connectivity index (χ2n) is 7.99. The van der Waals surface area contributed by atoms with Crippen molar-refractivity contribution in [2.45, 2.75) is 18.3 Å². The predicted molar refractivity (Wildman–Crippen MR) is 120 cm³/mol. The van der Waals surface area contributed by atoms with Gasteiger partial charge in [0.1, 0.15) is 11.6 Å². The number of benzene rings is 3. The van der Waals surface area contributed by atoms with Crippen LogP contribution in [0.5, 0.6) is 0 Å². The van der Waals surface area contributed by atoms with Crippen LogP contribution in [0, 0.1) is 18.6 Å². The van der Waals surface area contributed by atoms with E-state index in [0.717, 1.165) is 11.1 Å². The number of amides is 2. The molecular formula is C25H20F2N2O2S. The number of halogens is 2. The van der Waals surface area contributed by atoms with Crippen LogP contribution in [0.1, 0.15) is 27.0 Å². The molecule has 0 saturated carbocycles. The Labute approximate surface area is 188 Å². The van der Waals surface area contributed by atoms with E-state index in [1.165, 1.54) is 36.0 Å². The highest BCUT2D eigenvalue weighted by molar-refractivity contribution is 8.01. The lowest BCUT2D eigenvalue weighted by Gasteiger charge is -2.33. The molecule has 2 amide bonds. The van der Waals surface area contributed by atoms with Crippen LogP contribution in [0.4, 0.5) is 14.5 Å². The van der Waals surface area contributed by atoms with Gasteiger partial charge in [-0.05, 0) is 55.0 Å². The van der Waals surface area contributed by atoms with Crippen LogP contribution in [-0.2, 0) is 16.2 Å². The SMILES string of the molecule is Cc1ccc(C(=O)N2CCS[C@]23C(=O)N(Cc2ccc(F)cc2)c2ccc(F)cc23)cc1. The van der Waals surface area contributed by atoms with Gasteiger partial charge in [0, 0.05) is 23.4 Å². The molecular weight excluding hydrogens is 430 g/mol. The average molecular weight is 451 g/mol. The third kappa shape index (κ3) is 3.19. The Morgan fingerprint density at radius 1 is 1.00 bits per heavy atom. The largest absolute Gasteiger partial charge is 0.311 e. The number of carbonyl (C=O) groups excluding carboxylic acids is 2. The van der Waals surface area contributed by atoms with Crippen LogP contribution in [0.15, 0.2) is 66.7 Å². The van der Waals surface area contributed by atoms with Crippen molar-refractivity contribution in [2.75, 3.05) is 17.2 Å². The van der Waals surface area contributed by atoms with Gasteiger partial charge in [0.2, 0.25) is 0 Å². The number of thioether (sulfide) groups is 1. The van der Waals surface area contributed by atoms with Gasteiger partial charge in [0.25, 0.3) is 11.8 Å². The van der Waals surface area contributed by atoms with Gasteiger partial charge in [-0.1, -0.05) is 29.8 Å². The molecule has 0 aliphatic carbocycles. The van der Waals surface area contributed by atoms with Crippen molar-refractivity contribution in [3.63, 3.8) is 0 Å². The summed E-state index contributed by atoms with van der Waals surface area (Å²) in [4.78, 5) is 29.2. The minimum atomic E-state index is -1.32. The van der Waals surface area contributed by atoms with E-state index in [0.29, 0.717) is 29.1 Å². The molecule has 4 nitrogen and oxygen atoms in total. The van der Waals surface area contributed by atoms with Gasteiger partial charge in [0.05, 0.1) is 12.2 Å². The van der Waals surface area contributed by atoms with E-state index in [-0.39, 0.29) is 24.2 Å². The molecule has 1 spiro atoms. The van der Waals surface area contributed by atoms with E-state index in [1.807, 2.05) is 19.1 Å². The Bertz CT molecular complexity index is 1210. The van der Waals surface area contributed by atoms with Crippen LogP contribution < -0.4 is 4.90 Å². The molecule has 1 saturated heterocycles. The monoisotopic (exact) mass is 450 g/mol. The lowest BCUT2D eigenvalue weighted by atomic mass is 10.0. The number of hydrogen-bond donors (Lipinski definition) is 0. The van der Waals surface area contributed by atoms with Crippen molar-refractivity contribution in [1.82, 2.24) is 4.90 Å². The molecule has 1 fully saturated rings. The zero-order valence-electron chi connectivity index (χ0n) is 17.3. The predicted octanol–water partition coefficient (Wildman–Crippen LogP) is 4.86. The van der Waals surface area contributed by atoms with Crippen LogP contribution in [0.3, 0.4) is 0 Å². The highest BCUT2D eigenvalue weighted by atomic mass is 32.2. The molecule has 0 aromatic heterocycles. The first-order valence-corrected chi connectivity index (χ1v) is 11.3. The standard InChI is InChI=1S/C25H20F2N2O2S/c1-16-2-6-18(7-3-16)23(30)29-12-13-32-25(29)21-14-20(27)10-11-22(21)28(24(25)31)15-17-4-8-19(26)9-5-17/h2-11,14H,12-13,15H2,1H3/t25-/m1/s1. The van der Waals surface area contributed by atoms with Gasteiger partial charge in [-0.15, -0.1) is 11.8 Å². The van der Waals surface area contributed by atoms with Crippen molar-refractivity contribution < 1.29 is 18.4 Å². The maximum atomic E-state index is 14.3. The number of nitrogens with zero attached hydrogens (tertiary/aromatic N) is 2. The third-order valence-electron chi connectivity index (χ3n) is 5.95. The highest BCUT2D eigenvalue weighted by Gasteiger charge is 2.59. The first kappa shape index (κ1) is 20.7. The van der Waals surface area contributed by atoms with E-state index in [2.05, 4.69) is 0 Å². The fourth-order valence-electron chi connectivity index (χ4n) is 4.37. The minimum Gasteiger partial charge on any atom is -0.311 e. The molecule has 0 N–H and O–H groups in total. The first-order valence-electron chi connectivity index (χ1n) is 10.3. The third-order valence-corrected chi connectivity index (χ3v) is 7.37. The minimum absolute atomic E-state index is 0.201. The van der Waals surface area contributed by atoms with Crippen LogP contribution in [0.25, 0.3) is 0 Å². The first-order chi connectivity index (χ1) is 15.4. The molecule has 7 heteroatoms. The second kappa shape index (κ2) is 7.74. The normalized spacial score (nSPS) is 19.7. The van der Waals surface area contributed by atoms with E-state index in [9.17, 15) is 18.4 Å². The number of hydrogen-bond acceptors (Lipinski definition) is 3. The van der Waals surface area contributed by atoms with Crippen molar-refractivity contribution in [3.05, 3.63) is 101 Å². The molecule has 3 aromatic rings. The molecule has 2 aliphatic rings. The van der Waals surface area contributed by atoms with Crippen LogP contribution in [0.2, 0.25) is 0 Å². The Balaban J connectivity index is 1.58. The fourth-order valence-corrected chi connectivity index (χ4v) is 5.82. The Morgan fingerprint density at radius 3 is 2.41 bits per heavy atom. The van der Waals surface area contributed by atoms with Crippen molar-refractivity contribution in [2.24, 2.45) is 0 Å². The molecule has 162 valence electrons. The molecule has 3 aromatic carbocycles. The van der Waals surface area contributed by atoms with E-state index in [4.69, 9.17) is 0 Å². The zero-order valence-corrected chi connectivity index (χ0v) is 18.2. The number of anilines is 1. The summed E-state index contributed by atoms with van der Waals surface area (Å²) in [5.41, 5.74) is 3.30. The second-order valence-corrected chi connectivity index (χ2v) is 9.28. The summed E-state index contributed by atoms with van der Waals surface area (Å²) >= 11 is 1.35. The summed E-state index contributed by atoms with van der Waals surface area (Å²) in [6.45, 7) is 2.52. The molecule has 0 bridgehead atoms. The Hall–Kier alpha value is -3.19. The molecule has 0 radical (unpaired) electrons. The maximum Gasteiger partial charge on any atom is 0.268 e. The van der Waals surface area contributed by atoms with Crippen molar-refractivity contribution in [1.29, 1.82) is 0 Å². The number of carbonyl (C=O) groups is 2. The molecule has 0 unspecified atom stereocenters. The lowest BCUT2D eigenvalue weighted by molar-refractivity contribution is -0.123. The summed E-state index contributed by atoms with van der Waals surface area (Å²) in [6, 6.07) is 17.4. The summed E-state index contributed by atoms with van der Waals surface area (Å²) in [5.74, 6) is -0.812. The topological polar surface area (TPSA) is 40.6 Å². The van der Waals surface area contributed by atoms with Crippen LogP contribution >= 0.6 is 11.8 Å². The molecule has 32 heavy (non-hydrogen) atoms. The van der Waals surface area contributed by atoms with Crippen LogP contribution in [-0.4, -0.2) is 29.0 Å². The maximum absolute atomic E-state index is 14.3. The highest BCUT2D eigenvalue weighted by Crippen LogP contribution is 2.54. The van der Waals surface area contributed by atoms with E-state index < -0.39 is 10.7 Å². The van der Waals surface area contributed by atoms with Gasteiger partial charge in [-0.25, -0.2) is 8.78 Å². The van der Waals surface area contributed by atoms with Gasteiger partial charge in [0.15, 0.2) is 4.87 Å². The van der Waals surface area contributed by atoms with E-state index >= 15 is 0 Å². The smallest absolute Gasteiger partial charge is 0.268 e. The van der Waals surface area contributed by atoms with Gasteiger partial charge in [-0.3, -0.25) is 9.59 Å². The van der Waals surface area contributed by atoms with E-state index in [1.54, 1.807) is 40.1 Å². The summed E-state index contributed by atoms with van der Waals surface area (Å²) < 4.78 is 27.7. The lowest BCUT2D eigenvalue weighted by Crippen LogP contribution is -2.50. The van der Waals surface area contributed by atoms with Gasteiger partial charge >= 0.3 is 0 Å². The number of fused-ring (bicyclic) bond motifs is 2. The van der Waals surface area contributed by atoms with Gasteiger partial charge in [-0.2, -0.15) is 0 Å². The Kier molecular flexibility index (Phi) is 5.01. The summed E-state index contributed by atoms with van der Waals surface area (Å²) in [6.07, 6.45) is 0. The summed E-state index contributed by atoms with van der Waals surface area (Å²) in [5, 5.41) is 0. The summed E-state index contributed by atoms with van der Waals surface area (Å²) in [7, 11) is 0. The van der Waals surface area contributed by atoms with Crippen molar-refractivity contribution in [3.8, 4) is 0 Å². The number of rotatable bonds is 3. The molecule has 1 atom stereocenters. The zero-order chi connectivity index (χ0) is 22.5. The number of aryl methyl sites for hydroxylation is 1. The quantitative estimate of drug-likeness (QED) is 0.572. The average Bonchev–Trinajstić information content (AvgIpc) is 3.32. The Morgan fingerprint density at radius 2 is 1.69 bits per heavy atom. The van der Waals surface area contributed by atoms with Crippen molar-refractivity contribution >= 4 is 29.3 Å². The fraction of sp³-hybridized carbons (Fsp3) is 0.200. The molecule has 5 rings (SSSR count). The van der Waals surface area contributed by atoms with Gasteiger partial charge < -0.3 is 9.80 Å². The molecule has 2 aliphatic heterocycles. The molecule has 2 heterocycles.